The molecule has 13 fully saturated rings. The van der Waals surface area contributed by atoms with Crippen LogP contribution in [-0.4, -0.2) is 163 Å². The molecule has 14 aliphatic heterocycles. The van der Waals surface area contributed by atoms with E-state index >= 15 is 0 Å². The molecule has 0 amide bonds. The van der Waals surface area contributed by atoms with Gasteiger partial charge in [0.25, 0.3) is 0 Å². The highest BCUT2D eigenvalue weighted by Crippen LogP contribution is 2.56. The van der Waals surface area contributed by atoms with Crippen molar-refractivity contribution in [3.63, 3.8) is 0 Å². The third kappa shape index (κ3) is 9.57. The summed E-state index contributed by atoms with van der Waals surface area (Å²) in [7, 11) is 0. The van der Waals surface area contributed by atoms with E-state index in [0.29, 0.717) is 70.6 Å². The normalized spacial score (nSPS) is 55.7. The van der Waals surface area contributed by atoms with Crippen molar-refractivity contribution < 1.29 is 76.2 Å². The van der Waals surface area contributed by atoms with Crippen molar-refractivity contribution in [1.29, 1.82) is 0 Å². The Morgan fingerprint density at radius 3 is 2.18 bits per heavy atom. The number of aliphatic hydroxyl groups excluding tert-OH is 1. The van der Waals surface area contributed by atoms with E-state index in [0.717, 1.165) is 55.4 Å². The molecule has 424 valence electrons. The standard InChI is InChI=1S/C58H81N3O16/c1-27-15-33-7-9-37-28(2)16-35(64-37)11-13-56-14-12-38(72-56)41-20-46(74-56)55-39(67-41)10-8-34(66-55)17-50(63)71-54-32(6)53-44(68-43(54)19-40(65-33)31(27)5)21-42-47(69-53)24-58(73-42)25-48-52(77-58)30(4)23-57(76-48)22-29(3)51-45(75-57)18-36(62)49(70-51)26-60-61-59/h11,27,29-30,32-34,36-49,51-55,62H,2,5,7-10,12-26H2,1,3-4,6H3/b35-11-/t27-,29+,30+,32+,33+,34?,36-,37+,38+,39+,40?,41-,42-,43+,44+,45?,46-,47-,48?,49-,51?,52?,53+,54-,55+,56+,57-,58+/m1/s1. The molecule has 19 nitrogen and oxygen atoms in total. The van der Waals surface area contributed by atoms with Gasteiger partial charge in [0, 0.05) is 81.5 Å². The van der Waals surface area contributed by atoms with Gasteiger partial charge in [-0.2, -0.15) is 0 Å². The Labute approximate surface area is 451 Å². The number of nitrogens with zero attached hydrogens (tertiary/aromatic N) is 3. The maximum absolute atomic E-state index is 14.5. The predicted octanol–water partition coefficient (Wildman–Crippen LogP) is 7.63. The monoisotopic (exact) mass is 1080 g/mol. The van der Waals surface area contributed by atoms with E-state index in [1.165, 1.54) is 0 Å². The van der Waals surface area contributed by atoms with Crippen molar-refractivity contribution in [1.82, 2.24) is 0 Å². The van der Waals surface area contributed by atoms with E-state index in [2.05, 4.69) is 57.0 Å². The van der Waals surface area contributed by atoms with Gasteiger partial charge in [-0.05, 0) is 79.0 Å². The van der Waals surface area contributed by atoms with Crippen LogP contribution >= 0.6 is 0 Å². The number of azide groups is 1. The molecule has 3 spiro atoms. The molecule has 0 aromatic heterocycles. The number of carbonyl (C=O) groups excluding carboxylic acids is 1. The van der Waals surface area contributed by atoms with Gasteiger partial charge < -0.3 is 71.4 Å². The molecule has 14 rings (SSSR count). The van der Waals surface area contributed by atoms with Crippen LogP contribution in [0, 0.1) is 23.7 Å². The number of hydrogen-bond donors (Lipinski definition) is 1. The fourth-order valence-corrected chi connectivity index (χ4v) is 17.0. The number of allylic oxidation sites excluding steroid dienone is 1. The summed E-state index contributed by atoms with van der Waals surface area (Å²) in [6.45, 7) is 17.8. The Kier molecular flexibility index (Phi) is 13.6. The van der Waals surface area contributed by atoms with Crippen molar-refractivity contribution in [2.24, 2.45) is 28.8 Å². The van der Waals surface area contributed by atoms with Gasteiger partial charge >= 0.3 is 5.97 Å². The van der Waals surface area contributed by atoms with Crippen LogP contribution in [0.5, 0.6) is 0 Å². The van der Waals surface area contributed by atoms with Crippen LogP contribution in [0.4, 0.5) is 0 Å². The molecule has 14 heterocycles. The van der Waals surface area contributed by atoms with Crippen molar-refractivity contribution in [3.8, 4) is 0 Å². The first-order valence-electron chi connectivity index (χ1n) is 29.7. The lowest BCUT2D eigenvalue weighted by Gasteiger charge is -2.54. The van der Waals surface area contributed by atoms with Gasteiger partial charge in [-0.1, -0.05) is 46.0 Å². The van der Waals surface area contributed by atoms with Crippen molar-refractivity contribution in [3.05, 3.63) is 46.6 Å². The lowest BCUT2D eigenvalue weighted by Crippen LogP contribution is -2.62. The summed E-state index contributed by atoms with van der Waals surface area (Å²) in [5, 5.41) is 14.7. The maximum atomic E-state index is 14.5. The second kappa shape index (κ2) is 20.0. The summed E-state index contributed by atoms with van der Waals surface area (Å²) in [4.78, 5) is 17.4. The fourth-order valence-electron chi connectivity index (χ4n) is 17.0. The zero-order valence-electron chi connectivity index (χ0n) is 45.3. The Morgan fingerprint density at radius 1 is 0.610 bits per heavy atom. The van der Waals surface area contributed by atoms with Crippen LogP contribution in [-0.2, 0) is 71.1 Å². The number of hydrogen-bond acceptors (Lipinski definition) is 17. The second-order valence-corrected chi connectivity index (χ2v) is 26.2. The number of esters is 1. The molecule has 13 saturated heterocycles. The average Bonchev–Trinajstić information content (AvgIpc) is 4.20. The Hall–Kier alpha value is -2.72. The third-order valence-electron chi connectivity index (χ3n) is 20.8. The summed E-state index contributed by atoms with van der Waals surface area (Å²) in [5.74, 6) is -1.82. The van der Waals surface area contributed by atoms with Crippen LogP contribution in [0.2, 0.25) is 0 Å². The number of aliphatic hydroxyl groups is 1. The zero-order valence-corrected chi connectivity index (χ0v) is 45.3. The lowest BCUT2D eigenvalue weighted by molar-refractivity contribution is -0.370. The summed E-state index contributed by atoms with van der Waals surface area (Å²) in [6, 6.07) is 0. The summed E-state index contributed by atoms with van der Waals surface area (Å²) in [6.07, 6.45) is 6.93. The van der Waals surface area contributed by atoms with E-state index in [1.807, 2.05) is 0 Å². The minimum absolute atomic E-state index is 0.0247. The van der Waals surface area contributed by atoms with Gasteiger partial charge in [0.05, 0.1) is 129 Å². The van der Waals surface area contributed by atoms with Crippen LogP contribution in [0.3, 0.4) is 0 Å². The molecular formula is C58H81N3O16. The smallest absolute Gasteiger partial charge is 0.308 e. The Morgan fingerprint density at radius 2 is 1.32 bits per heavy atom. The molecule has 19 heteroatoms. The summed E-state index contributed by atoms with van der Waals surface area (Å²) >= 11 is 0. The van der Waals surface area contributed by atoms with Crippen LogP contribution in [0.25, 0.3) is 10.4 Å². The highest BCUT2D eigenvalue weighted by atomic mass is 16.8. The first-order chi connectivity index (χ1) is 37.1. The molecule has 0 aliphatic carbocycles. The van der Waals surface area contributed by atoms with Crippen LogP contribution < -0.4 is 0 Å². The van der Waals surface area contributed by atoms with Crippen LogP contribution in [0.15, 0.2) is 41.3 Å². The quantitative estimate of drug-likeness (QED) is 0.0925. The molecule has 28 atom stereocenters. The van der Waals surface area contributed by atoms with Crippen molar-refractivity contribution >= 4 is 5.97 Å². The van der Waals surface area contributed by atoms with Gasteiger partial charge in [-0.3, -0.25) is 4.79 Å². The Balaban J connectivity index is 0.689. The van der Waals surface area contributed by atoms with Gasteiger partial charge in [0.1, 0.15) is 18.3 Å². The molecule has 14 aliphatic rings. The molecule has 0 saturated carbocycles. The lowest BCUT2D eigenvalue weighted by atomic mass is 9.78. The largest absolute Gasteiger partial charge is 0.490 e. The van der Waals surface area contributed by atoms with E-state index in [4.69, 9.17) is 71.8 Å². The van der Waals surface area contributed by atoms with Gasteiger partial charge in [-0.15, -0.1) is 0 Å². The zero-order chi connectivity index (χ0) is 52.7. The fraction of sp³-hybridized carbons (Fsp3) is 0.879. The van der Waals surface area contributed by atoms with Gasteiger partial charge in [0.15, 0.2) is 17.4 Å². The first kappa shape index (κ1) is 52.4. The molecule has 0 aromatic carbocycles. The van der Waals surface area contributed by atoms with E-state index in [9.17, 15) is 9.90 Å². The van der Waals surface area contributed by atoms with Gasteiger partial charge in [0.2, 0.25) is 0 Å². The predicted molar refractivity (Wildman–Crippen MR) is 270 cm³/mol. The van der Waals surface area contributed by atoms with E-state index < -0.39 is 41.8 Å². The molecular weight excluding hydrogens is 995 g/mol. The minimum Gasteiger partial charge on any atom is -0.490 e. The maximum Gasteiger partial charge on any atom is 0.308 e. The molecule has 77 heavy (non-hydrogen) atoms. The number of fused-ring (bicyclic) bond motifs is 13. The Bertz CT molecular complexity index is 2390. The third-order valence-corrected chi connectivity index (χ3v) is 20.8. The van der Waals surface area contributed by atoms with Gasteiger partial charge in [-0.25, -0.2) is 0 Å². The second-order valence-electron chi connectivity index (χ2n) is 26.2. The van der Waals surface area contributed by atoms with E-state index in [1.54, 1.807) is 0 Å². The minimum atomic E-state index is -0.920. The van der Waals surface area contributed by atoms with Crippen molar-refractivity contribution in [2.75, 3.05) is 6.54 Å². The summed E-state index contributed by atoms with van der Waals surface area (Å²) < 4.78 is 96.3. The summed E-state index contributed by atoms with van der Waals surface area (Å²) in [5.41, 5.74) is 11.0. The first-order valence-corrected chi connectivity index (χ1v) is 29.7. The topological polar surface area (TPSA) is 215 Å². The number of rotatable bonds is 2. The highest BCUT2D eigenvalue weighted by molar-refractivity contribution is 5.70. The molecule has 6 unspecified atom stereocenters. The highest BCUT2D eigenvalue weighted by Gasteiger charge is 2.65. The number of carbonyl (C=O) groups is 1. The molecule has 10 bridgehead atoms. The SMILES string of the molecule is C=C1C2C[C@@H]3O[C@H]4C[C@H]5O[C@@]6(CC7O[C@]8(C[C@H](C)C9O[C@H](CN=[N+]=[N-])[C@H](O)CC9O8)C[C@H](C)C7O6)C[C@H]5O[C@H]4[C@H](C)[C@H]3OC(=O)CC3CC[C@@H]4O[C@@H]5C[C@@H](O[C@@]6(C/C=C7/CC(=C)[C@H](CC[C@@H](C[C@H]1C)O2)O7)CC[C@@H]5O6)[C@H]4O3. The molecule has 0 radical (unpaired) electrons. The molecule has 0 aromatic rings. The van der Waals surface area contributed by atoms with E-state index in [-0.39, 0.29) is 146 Å². The van der Waals surface area contributed by atoms with Crippen molar-refractivity contribution in [2.45, 2.75) is 289 Å². The van der Waals surface area contributed by atoms with Crippen LogP contribution in [0.1, 0.15) is 143 Å². The number of ether oxygens (including phenoxy) is 14. The molecule has 1 N–H and O–H groups in total. The average molecular weight is 1080 g/mol.